The second-order valence-electron chi connectivity index (χ2n) is 6.27. The van der Waals surface area contributed by atoms with E-state index in [9.17, 15) is 14.3 Å². The van der Waals surface area contributed by atoms with Crippen LogP contribution in [0.25, 0.3) is 17.2 Å². The van der Waals surface area contributed by atoms with Crippen LogP contribution in [0.2, 0.25) is 5.02 Å². The smallest absolute Gasteiger partial charge is 0.300 e. The molecule has 0 unspecified atom stereocenters. The van der Waals surface area contributed by atoms with E-state index in [1.54, 1.807) is 24.3 Å². The van der Waals surface area contributed by atoms with Crippen molar-refractivity contribution in [2.24, 2.45) is 0 Å². The SMILES string of the molecule is Nc1nn[nH]n1.O=c1c(O)c(-c2nn[nH]n2)nc2ccc(Cc3cccc(Cl)c3F)cn12. The lowest BCUT2D eigenvalue weighted by atomic mass is 10.1. The molecule has 0 aliphatic rings. The van der Waals surface area contributed by atoms with E-state index in [0.717, 1.165) is 0 Å². The Morgan fingerprint density at radius 2 is 1.91 bits per heavy atom. The molecule has 32 heavy (non-hydrogen) atoms. The third kappa shape index (κ3) is 4.20. The number of pyridine rings is 1. The van der Waals surface area contributed by atoms with Gasteiger partial charge in [0.15, 0.2) is 5.69 Å². The molecule has 0 saturated carbocycles. The van der Waals surface area contributed by atoms with Gasteiger partial charge < -0.3 is 10.8 Å². The topological polar surface area (TPSA) is 190 Å². The van der Waals surface area contributed by atoms with Crippen molar-refractivity contribution in [3.63, 3.8) is 0 Å². The Balaban J connectivity index is 0.000000354. The number of nitrogens with one attached hydrogen (secondary N) is 2. The first kappa shape index (κ1) is 20.8. The minimum Gasteiger partial charge on any atom is -0.501 e. The number of hydrogen-bond donors (Lipinski definition) is 4. The van der Waals surface area contributed by atoms with Crippen LogP contribution in [0.5, 0.6) is 5.75 Å². The highest BCUT2D eigenvalue weighted by Gasteiger charge is 2.17. The normalized spacial score (nSPS) is 10.7. The van der Waals surface area contributed by atoms with Crippen molar-refractivity contribution in [2.75, 3.05) is 5.73 Å². The van der Waals surface area contributed by atoms with Gasteiger partial charge in [0.05, 0.1) is 5.02 Å². The lowest BCUT2D eigenvalue weighted by Gasteiger charge is -2.08. The molecule has 0 bridgehead atoms. The summed E-state index contributed by atoms with van der Waals surface area (Å²) >= 11 is 5.79. The van der Waals surface area contributed by atoms with Crippen LogP contribution in [0, 0.1) is 5.82 Å². The number of nitrogens with two attached hydrogens (primary N) is 1. The van der Waals surface area contributed by atoms with Gasteiger partial charge in [-0.25, -0.2) is 9.37 Å². The molecule has 5 aromatic rings. The fraction of sp³-hybridized carbons (Fsp3) is 0.0588. The first-order valence-electron chi connectivity index (χ1n) is 8.84. The molecule has 13 nitrogen and oxygen atoms in total. The monoisotopic (exact) mass is 457 g/mol. The van der Waals surface area contributed by atoms with Crippen LogP contribution in [0.4, 0.5) is 10.3 Å². The van der Waals surface area contributed by atoms with Crippen LogP contribution in [0.15, 0.2) is 41.3 Å². The average Bonchev–Trinajstić information content (AvgIpc) is 3.49. The Morgan fingerprint density at radius 3 is 2.56 bits per heavy atom. The van der Waals surface area contributed by atoms with Gasteiger partial charge in [-0.1, -0.05) is 34.9 Å². The highest BCUT2D eigenvalue weighted by atomic mass is 35.5. The Labute approximate surface area is 182 Å². The molecule has 0 spiro atoms. The van der Waals surface area contributed by atoms with E-state index in [1.165, 1.54) is 16.7 Å². The van der Waals surface area contributed by atoms with Gasteiger partial charge in [0.2, 0.25) is 11.6 Å². The van der Waals surface area contributed by atoms with Crippen molar-refractivity contribution in [3.05, 3.63) is 68.8 Å². The zero-order valence-corrected chi connectivity index (χ0v) is 16.7. The van der Waals surface area contributed by atoms with Gasteiger partial charge in [-0.05, 0) is 33.7 Å². The van der Waals surface area contributed by atoms with Crippen LogP contribution in [-0.2, 0) is 6.42 Å². The third-order valence-corrected chi connectivity index (χ3v) is 4.50. The molecule has 5 N–H and O–H groups in total. The van der Waals surface area contributed by atoms with E-state index >= 15 is 0 Å². The number of benzene rings is 1. The Morgan fingerprint density at radius 1 is 1.12 bits per heavy atom. The summed E-state index contributed by atoms with van der Waals surface area (Å²) in [6.07, 6.45) is 1.72. The predicted molar refractivity (Wildman–Crippen MR) is 109 cm³/mol. The minimum absolute atomic E-state index is 0.00664. The maximum atomic E-state index is 14.1. The number of halogens is 2. The van der Waals surface area contributed by atoms with E-state index in [0.29, 0.717) is 11.1 Å². The number of aromatic amines is 2. The molecule has 5 rings (SSSR count). The summed E-state index contributed by atoms with van der Waals surface area (Å²) in [5.74, 6) is -0.924. The Bertz CT molecular complexity index is 1420. The number of tetrazole rings is 2. The number of nitrogens with zero attached hydrogens (tertiary/aromatic N) is 8. The van der Waals surface area contributed by atoms with E-state index in [1.807, 2.05) is 0 Å². The zero-order valence-electron chi connectivity index (χ0n) is 15.9. The van der Waals surface area contributed by atoms with Gasteiger partial charge in [-0.3, -0.25) is 9.20 Å². The van der Waals surface area contributed by atoms with Crippen LogP contribution in [0.1, 0.15) is 11.1 Å². The fourth-order valence-corrected chi connectivity index (χ4v) is 2.96. The standard InChI is InChI=1S/C16H10ClFN6O2.CH3N5/c17-10-3-1-2-9(12(10)18)6-8-4-5-11-19-13(15-20-22-23-21-15)14(25)16(26)24(11)7-8;2-1-3-5-6-4-1/h1-5,7,25H,6H2,(H,20,21,22,23);(H3,2,3,4,5,6). The predicted octanol–water partition coefficient (Wildman–Crippen LogP) is 0.745. The zero-order chi connectivity index (χ0) is 22.7. The molecule has 0 saturated heterocycles. The summed E-state index contributed by atoms with van der Waals surface area (Å²) in [5.41, 5.74) is 5.52. The van der Waals surface area contributed by atoms with Crippen LogP contribution in [-0.4, -0.2) is 55.7 Å². The quantitative estimate of drug-likeness (QED) is 0.300. The summed E-state index contributed by atoms with van der Waals surface area (Å²) in [5, 5.41) is 35.2. The second kappa shape index (κ2) is 8.73. The maximum Gasteiger partial charge on any atom is 0.300 e. The minimum atomic E-state index is -0.691. The van der Waals surface area contributed by atoms with Gasteiger partial charge in [0.1, 0.15) is 11.5 Å². The molecule has 0 amide bonds. The summed E-state index contributed by atoms with van der Waals surface area (Å²) in [7, 11) is 0. The maximum absolute atomic E-state index is 14.1. The van der Waals surface area contributed by atoms with E-state index < -0.39 is 17.1 Å². The van der Waals surface area contributed by atoms with Gasteiger partial charge in [0.25, 0.3) is 5.95 Å². The van der Waals surface area contributed by atoms with Gasteiger partial charge >= 0.3 is 5.56 Å². The number of H-pyrrole nitrogens is 2. The molecule has 0 atom stereocenters. The molecule has 15 heteroatoms. The van der Waals surface area contributed by atoms with Crippen molar-refractivity contribution in [1.82, 2.24) is 50.6 Å². The van der Waals surface area contributed by atoms with Crippen LogP contribution < -0.4 is 11.3 Å². The molecule has 4 aromatic heterocycles. The summed E-state index contributed by atoms with van der Waals surface area (Å²) in [4.78, 5) is 16.7. The number of aromatic hydroxyl groups is 1. The first-order chi connectivity index (χ1) is 15.4. The number of aromatic nitrogens is 10. The average molecular weight is 458 g/mol. The first-order valence-corrected chi connectivity index (χ1v) is 9.21. The highest BCUT2D eigenvalue weighted by Crippen LogP contribution is 2.22. The second-order valence-corrected chi connectivity index (χ2v) is 6.68. The Kier molecular flexibility index (Phi) is 5.67. The molecule has 0 radical (unpaired) electrons. The van der Waals surface area contributed by atoms with E-state index in [2.05, 4.69) is 46.2 Å². The van der Waals surface area contributed by atoms with Gasteiger partial charge in [0, 0.05) is 12.6 Å². The highest BCUT2D eigenvalue weighted by molar-refractivity contribution is 6.30. The molecule has 0 aliphatic heterocycles. The van der Waals surface area contributed by atoms with Crippen molar-refractivity contribution in [3.8, 4) is 17.3 Å². The largest absolute Gasteiger partial charge is 0.501 e. The molecule has 1 aromatic carbocycles. The van der Waals surface area contributed by atoms with Crippen molar-refractivity contribution < 1.29 is 9.50 Å². The van der Waals surface area contributed by atoms with Gasteiger partial charge in [-0.15, -0.1) is 15.3 Å². The van der Waals surface area contributed by atoms with E-state index in [4.69, 9.17) is 17.3 Å². The fourth-order valence-electron chi connectivity index (χ4n) is 2.77. The van der Waals surface area contributed by atoms with Gasteiger partial charge in [-0.2, -0.15) is 10.4 Å². The molecule has 4 heterocycles. The third-order valence-electron chi connectivity index (χ3n) is 4.21. The van der Waals surface area contributed by atoms with E-state index in [-0.39, 0.29) is 34.6 Å². The number of anilines is 1. The number of hydrogen-bond acceptors (Lipinski definition) is 10. The molecular formula is C17H13ClFN11O2. The molecular weight excluding hydrogens is 445 g/mol. The molecule has 0 aliphatic carbocycles. The summed E-state index contributed by atoms with van der Waals surface area (Å²) < 4.78 is 15.3. The molecule has 162 valence electrons. The van der Waals surface area contributed by atoms with Crippen molar-refractivity contribution >= 4 is 23.2 Å². The Hall–Kier alpha value is -4.46. The lowest BCUT2D eigenvalue weighted by molar-refractivity contribution is 0.464. The number of fused-ring (bicyclic) bond motifs is 1. The summed E-state index contributed by atoms with van der Waals surface area (Å²) in [6, 6.07) is 8.02. The number of rotatable bonds is 3. The molecule has 0 fully saturated rings. The lowest BCUT2D eigenvalue weighted by Crippen LogP contribution is -2.16. The van der Waals surface area contributed by atoms with Crippen LogP contribution >= 0.6 is 11.6 Å². The van der Waals surface area contributed by atoms with Crippen molar-refractivity contribution in [1.29, 1.82) is 0 Å². The van der Waals surface area contributed by atoms with Crippen LogP contribution in [0.3, 0.4) is 0 Å². The number of nitrogen functional groups attached to an aromatic ring is 1. The van der Waals surface area contributed by atoms with Crippen molar-refractivity contribution in [2.45, 2.75) is 6.42 Å². The summed E-state index contributed by atoms with van der Waals surface area (Å²) in [6.45, 7) is 0.